The highest BCUT2D eigenvalue weighted by Crippen LogP contribution is 2.45. The maximum Gasteiger partial charge on any atom is 0.337 e. The molecule has 1 unspecified atom stereocenters. The van der Waals surface area contributed by atoms with Gasteiger partial charge in [0.2, 0.25) is 0 Å². The first kappa shape index (κ1) is 24.7. The van der Waals surface area contributed by atoms with Gasteiger partial charge < -0.3 is 20.1 Å². The Morgan fingerprint density at radius 2 is 1.76 bits per heavy atom. The summed E-state index contributed by atoms with van der Waals surface area (Å²) in [6.45, 7) is 11.4. The molecule has 0 spiro atoms. The summed E-state index contributed by atoms with van der Waals surface area (Å²) in [5.74, 6) is -1.10. The van der Waals surface area contributed by atoms with Crippen LogP contribution in [0.25, 0.3) is 22.0 Å². The number of benzene rings is 2. The van der Waals surface area contributed by atoms with E-state index < -0.39 is 25.4 Å². The number of carboxylic acids is 1. The van der Waals surface area contributed by atoms with Gasteiger partial charge in [0.05, 0.1) is 23.0 Å². The molecule has 0 amide bonds. The fourth-order valence-corrected chi connectivity index (χ4v) is 4.62. The van der Waals surface area contributed by atoms with Crippen molar-refractivity contribution in [3.05, 3.63) is 52.7 Å². The summed E-state index contributed by atoms with van der Waals surface area (Å²) in [5, 5.41) is 11.0. The molecule has 1 aromatic heterocycles. The van der Waals surface area contributed by atoms with Gasteiger partial charge in [-0.2, -0.15) is 0 Å². The standard InChI is InChI=1S/C25H31N2O5P/c1-14-7-9-17(10-8-14)20-18-15(2)13-27(11-12-33(30)31)22(18)21(26)16(3)19(20)23(24(28)29)32-25(4,5)6/h7-10,13,23H,11-12,26H2,1-6H3,(H,28,29). The maximum absolute atomic E-state index is 12.4. The lowest BCUT2D eigenvalue weighted by Gasteiger charge is -2.29. The molecule has 2 aromatic carbocycles. The summed E-state index contributed by atoms with van der Waals surface area (Å²) >= 11 is 0. The van der Waals surface area contributed by atoms with E-state index in [2.05, 4.69) is 0 Å². The number of nitrogen functional groups attached to an aromatic ring is 1. The molecule has 0 saturated carbocycles. The van der Waals surface area contributed by atoms with Gasteiger partial charge in [-0.3, -0.25) is 0 Å². The van der Waals surface area contributed by atoms with Gasteiger partial charge in [0.1, 0.15) is 0 Å². The van der Waals surface area contributed by atoms with Gasteiger partial charge in [0.15, 0.2) is 6.10 Å². The van der Waals surface area contributed by atoms with Gasteiger partial charge in [-0.25, -0.2) is 13.9 Å². The fourth-order valence-electron chi connectivity index (χ4n) is 4.24. The molecular formula is C25H31N2O5P. The minimum atomic E-state index is -2.54. The molecule has 0 saturated heterocycles. The highest BCUT2D eigenvalue weighted by Gasteiger charge is 2.33. The van der Waals surface area contributed by atoms with E-state index in [1.54, 1.807) is 6.92 Å². The number of nitrogens with two attached hydrogens (primary N) is 1. The quantitative estimate of drug-likeness (QED) is 0.327. The Labute approximate surface area is 194 Å². The zero-order chi connectivity index (χ0) is 24.7. The normalized spacial score (nSPS) is 12.8. The zero-order valence-electron chi connectivity index (χ0n) is 19.9. The second-order valence-electron chi connectivity index (χ2n) is 9.43. The van der Waals surface area contributed by atoms with E-state index >= 15 is 0 Å². The van der Waals surface area contributed by atoms with Crippen LogP contribution in [0.4, 0.5) is 5.69 Å². The number of anilines is 1. The minimum Gasteiger partial charge on any atom is -0.479 e. The lowest BCUT2D eigenvalue weighted by Crippen LogP contribution is -2.28. The molecule has 0 radical (unpaired) electrons. The third-order valence-corrected chi connectivity index (χ3v) is 6.24. The van der Waals surface area contributed by atoms with Crippen molar-refractivity contribution in [2.45, 2.75) is 59.8 Å². The second-order valence-corrected chi connectivity index (χ2v) is 10.5. The van der Waals surface area contributed by atoms with Crippen molar-refractivity contribution in [2.75, 3.05) is 11.9 Å². The van der Waals surface area contributed by atoms with Crippen molar-refractivity contribution in [2.24, 2.45) is 0 Å². The molecule has 1 heterocycles. The van der Waals surface area contributed by atoms with Crippen LogP contribution in [0.15, 0.2) is 30.5 Å². The third-order valence-electron chi connectivity index (χ3n) is 5.67. The third kappa shape index (κ3) is 5.05. The first-order valence-corrected chi connectivity index (χ1v) is 12.2. The summed E-state index contributed by atoms with van der Waals surface area (Å²) in [7, 11) is -2.54. The van der Waals surface area contributed by atoms with Crippen LogP contribution in [-0.2, 0) is 25.2 Å². The molecule has 0 aliphatic heterocycles. The molecular weight excluding hydrogens is 439 g/mol. The van der Waals surface area contributed by atoms with Crippen LogP contribution >= 0.6 is 7.68 Å². The Kier molecular flexibility index (Phi) is 6.87. The van der Waals surface area contributed by atoms with Gasteiger partial charge in [0.25, 0.3) is 0 Å². The smallest absolute Gasteiger partial charge is 0.337 e. The molecule has 33 heavy (non-hydrogen) atoms. The molecule has 3 aromatic rings. The minimum absolute atomic E-state index is 0.0104. The first-order valence-electron chi connectivity index (χ1n) is 10.8. The second kappa shape index (κ2) is 9.16. The largest absolute Gasteiger partial charge is 0.479 e. The summed E-state index contributed by atoms with van der Waals surface area (Å²) in [5.41, 5.74) is 11.7. The van der Waals surface area contributed by atoms with E-state index in [1.165, 1.54) is 0 Å². The van der Waals surface area contributed by atoms with Crippen molar-refractivity contribution >= 4 is 30.2 Å². The number of ether oxygens (including phenoxy) is 1. The monoisotopic (exact) mass is 470 g/mol. The van der Waals surface area contributed by atoms with E-state index in [0.29, 0.717) is 22.3 Å². The van der Waals surface area contributed by atoms with Crippen LogP contribution < -0.4 is 5.73 Å². The summed E-state index contributed by atoms with van der Waals surface area (Å²) < 4.78 is 30.4. The van der Waals surface area contributed by atoms with Crippen LogP contribution in [0.3, 0.4) is 0 Å². The lowest BCUT2D eigenvalue weighted by molar-refractivity contribution is -0.160. The number of hydrogen-bond donors (Lipinski definition) is 2. The van der Waals surface area contributed by atoms with Crippen molar-refractivity contribution in [1.29, 1.82) is 0 Å². The van der Waals surface area contributed by atoms with Crippen LogP contribution in [0.5, 0.6) is 0 Å². The molecule has 0 aliphatic carbocycles. The van der Waals surface area contributed by atoms with Crippen molar-refractivity contribution < 1.29 is 23.8 Å². The number of nitrogens with zero attached hydrogens (tertiary/aromatic N) is 1. The zero-order valence-corrected chi connectivity index (χ0v) is 20.8. The Balaban J connectivity index is 2.47. The van der Waals surface area contributed by atoms with Gasteiger partial charge in [0, 0.05) is 23.7 Å². The highest BCUT2D eigenvalue weighted by molar-refractivity contribution is 7.30. The number of carboxylic acid groups (broad SMARTS) is 1. The van der Waals surface area contributed by atoms with Crippen molar-refractivity contribution in [3.8, 4) is 11.1 Å². The van der Waals surface area contributed by atoms with E-state index in [9.17, 15) is 19.0 Å². The molecule has 176 valence electrons. The molecule has 8 heteroatoms. The van der Waals surface area contributed by atoms with Gasteiger partial charge >= 0.3 is 13.6 Å². The molecule has 7 nitrogen and oxygen atoms in total. The first-order chi connectivity index (χ1) is 15.3. The molecule has 0 bridgehead atoms. The van der Waals surface area contributed by atoms with Crippen LogP contribution in [0.2, 0.25) is 0 Å². The molecule has 1 atom stereocenters. The number of rotatable bonds is 7. The van der Waals surface area contributed by atoms with Crippen molar-refractivity contribution in [3.63, 3.8) is 0 Å². The van der Waals surface area contributed by atoms with E-state index in [0.717, 1.165) is 27.6 Å². The van der Waals surface area contributed by atoms with Crippen LogP contribution in [0.1, 0.15) is 49.1 Å². The van der Waals surface area contributed by atoms with Crippen LogP contribution in [-0.4, -0.2) is 27.4 Å². The Bertz CT molecular complexity index is 1270. The number of fused-ring (bicyclic) bond motifs is 1. The number of aliphatic carboxylic acids is 1. The maximum atomic E-state index is 12.4. The van der Waals surface area contributed by atoms with Gasteiger partial charge in [-0.15, -0.1) is 0 Å². The Morgan fingerprint density at radius 1 is 1.15 bits per heavy atom. The summed E-state index contributed by atoms with van der Waals surface area (Å²) in [4.78, 5) is 12.4. The average Bonchev–Trinajstić information content (AvgIpc) is 3.03. The van der Waals surface area contributed by atoms with Crippen molar-refractivity contribution in [1.82, 2.24) is 4.57 Å². The number of aromatic nitrogens is 1. The van der Waals surface area contributed by atoms with Gasteiger partial charge in [-0.05, 0) is 63.8 Å². The summed E-state index contributed by atoms with van der Waals surface area (Å²) in [6, 6.07) is 7.88. The van der Waals surface area contributed by atoms with E-state index in [4.69, 9.17) is 10.5 Å². The van der Waals surface area contributed by atoms with E-state index in [-0.39, 0.29) is 12.7 Å². The molecule has 0 aliphatic rings. The predicted molar refractivity (Wildman–Crippen MR) is 130 cm³/mol. The Hall–Kier alpha value is -2.89. The molecule has 3 rings (SSSR count). The summed E-state index contributed by atoms with van der Waals surface area (Å²) in [6.07, 6.45) is 0.636. The number of hydrogen-bond acceptors (Lipinski definition) is 5. The number of carbonyl (C=O) groups is 1. The Morgan fingerprint density at radius 3 is 2.27 bits per heavy atom. The fraction of sp³-hybridized carbons (Fsp3) is 0.400. The lowest BCUT2D eigenvalue weighted by atomic mass is 9.86. The predicted octanol–water partition coefficient (Wildman–Crippen LogP) is 5.93. The average molecular weight is 471 g/mol. The molecule has 3 N–H and O–H groups in total. The van der Waals surface area contributed by atoms with Gasteiger partial charge in [-0.1, -0.05) is 29.8 Å². The molecule has 0 fully saturated rings. The SMILES string of the molecule is Cc1ccc(-c2c(C(OC(C)(C)C)C(=O)O)c(C)c(N)c3c2c(C)cn3CCP(=O)=O)cc1. The van der Waals surface area contributed by atoms with E-state index in [1.807, 2.05) is 69.6 Å². The highest BCUT2D eigenvalue weighted by atomic mass is 31.1. The number of aryl methyl sites for hydroxylation is 3. The topological polar surface area (TPSA) is 112 Å². The van der Waals surface area contributed by atoms with Crippen LogP contribution in [0, 0.1) is 20.8 Å².